The fourth-order valence-corrected chi connectivity index (χ4v) is 3.43. The van der Waals surface area contributed by atoms with Crippen molar-refractivity contribution in [1.29, 1.82) is 0 Å². The third kappa shape index (κ3) is 8.33. The number of carbonyl (C=O) groups is 2. The van der Waals surface area contributed by atoms with Crippen molar-refractivity contribution in [1.82, 2.24) is 16.1 Å². The number of benzene rings is 2. The Labute approximate surface area is 205 Å². The Morgan fingerprint density at radius 2 is 1.76 bits per heavy atom. The molecule has 0 aromatic heterocycles. The average molecular weight is 489 g/mol. The highest BCUT2D eigenvalue weighted by molar-refractivity contribution is 6.30. The van der Waals surface area contributed by atoms with E-state index in [2.05, 4.69) is 21.2 Å². The second-order valence-corrected chi connectivity index (χ2v) is 9.17. The number of amides is 1. The molecule has 0 heterocycles. The van der Waals surface area contributed by atoms with Gasteiger partial charge in [0.25, 0.3) is 0 Å². The topological polar surface area (TPSA) is 144 Å². The van der Waals surface area contributed by atoms with Crippen LogP contribution < -0.4 is 27.7 Å². The molecule has 0 spiro atoms. The molecule has 0 aliphatic carbocycles. The number of esters is 1. The summed E-state index contributed by atoms with van der Waals surface area (Å²) in [5.41, 5.74) is 4.42. The number of hydrogen-bond acceptors (Lipinski definition) is 7. The van der Waals surface area contributed by atoms with E-state index < -0.39 is 29.6 Å². The molecule has 7 N–H and O–H groups in total. The third-order valence-electron chi connectivity index (χ3n) is 4.88. The number of halogens is 1. The van der Waals surface area contributed by atoms with Gasteiger partial charge in [-0.05, 0) is 62.4 Å². The van der Waals surface area contributed by atoms with E-state index in [0.29, 0.717) is 17.9 Å². The molecule has 34 heavy (non-hydrogen) atoms. The Hall–Kier alpha value is -3.14. The van der Waals surface area contributed by atoms with Gasteiger partial charge in [0.05, 0.1) is 6.04 Å². The molecule has 0 radical (unpaired) electrons. The number of nitrogens with zero attached hydrogens (tertiary/aromatic N) is 1. The summed E-state index contributed by atoms with van der Waals surface area (Å²) in [6.07, 6.45) is 0.725. The molecule has 184 valence electrons. The molecule has 0 saturated heterocycles. The van der Waals surface area contributed by atoms with Crippen LogP contribution in [0.5, 0.6) is 0 Å². The average Bonchev–Trinajstić information content (AvgIpc) is 2.79. The van der Waals surface area contributed by atoms with Gasteiger partial charge in [-0.15, -0.1) is 5.10 Å². The molecule has 2 rings (SSSR count). The predicted molar refractivity (Wildman–Crippen MR) is 135 cm³/mol. The Morgan fingerprint density at radius 3 is 2.29 bits per heavy atom. The summed E-state index contributed by atoms with van der Waals surface area (Å²) in [5.74, 6) is 9.58. The SMILES string of the molecule is CC[C@H](NC(Cc1ccc(-c2cccc(Cl)c2)cc1)C(=O)NC(=NN)NN)C(=O)OC(C)(C)C. The van der Waals surface area contributed by atoms with Crippen LogP contribution in [0.1, 0.15) is 39.7 Å². The van der Waals surface area contributed by atoms with Gasteiger partial charge in [0.2, 0.25) is 11.9 Å². The van der Waals surface area contributed by atoms with E-state index in [1.54, 1.807) is 20.8 Å². The van der Waals surface area contributed by atoms with Gasteiger partial charge < -0.3 is 10.6 Å². The zero-order valence-corrected chi connectivity index (χ0v) is 20.6. The fraction of sp³-hybridized carbons (Fsp3) is 0.375. The van der Waals surface area contributed by atoms with Gasteiger partial charge in [-0.25, -0.2) is 5.84 Å². The number of guanidine groups is 1. The van der Waals surface area contributed by atoms with E-state index in [1.807, 2.05) is 55.5 Å². The maximum absolute atomic E-state index is 13.0. The van der Waals surface area contributed by atoms with Gasteiger partial charge in [-0.1, -0.05) is 54.9 Å². The van der Waals surface area contributed by atoms with Crippen LogP contribution in [-0.4, -0.2) is 35.5 Å². The van der Waals surface area contributed by atoms with Crippen molar-refractivity contribution in [2.75, 3.05) is 0 Å². The van der Waals surface area contributed by atoms with Crippen molar-refractivity contribution in [3.63, 3.8) is 0 Å². The fourth-order valence-electron chi connectivity index (χ4n) is 3.24. The second-order valence-electron chi connectivity index (χ2n) is 8.74. The Kier molecular flexibility index (Phi) is 9.85. The Balaban J connectivity index is 2.24. The van der Waals surface area contributed by atoms with Crippen LogP contribution in [0.4, 0.5) is 0 Å². The molecule has 0 saturated carbocycles. The number of ether oxygens (including phenoxy) is 1. The van der Waals surface area contributed by atoms with Crippen molar-refractivity contribution in [3.8, 4) is 11.1 Å². The zero-order chi connectivity index (χ0) is 25.3. The predicted octanol–water partition coefficient (Wildman–Crippen LogP) is 2.44. The van der Waals surface area contributed by atoms with Gasteiger partial charge in [0.15, 0.2) is 0 Å². The number of hydrogen-bond donors (Lipinski definition) is 5. The van der Waals surface area contributed by atoms with E-state index in [9.17, 15) is 9.59 Å². The molecule has 0 aliphatic rings. The van der Waals surface area contributed by atoms with E-state index in [1.165, 1.54) is 0 Å². The van der Waals surface area contributed by atoms with Crippen LogP contribution >= 0.6 is 11.6 Å². The molecule has 0 fully saturated rings. The van der Waals surface area contributed by atoms with Crippen LogP contribution in [0, 0.1) is 0 Å². The summed E-state index contributed by atoms with van der Waals surface area (Å²) in [5, 5.41) is 9.67. The van der Waals surface area contributed by atoms with Crippen LogP contribution in [0.2, 0.25) is 5.02 Å². The lowest BCUT2D eigenvalue weighted by Crippen LogP contribution is -2.56. The number of carbonyl (C=O) groups excluding carboxylic acids is 2. The summed E-state index contributed by atoms with van der Waals surface area (Å²) in [7, 11) is 0. The van der Waals surface area contributed by atoms with Gasteiger partial charge in [-0.3, -0.25) is 25.6 Å². The monoisotopic (exact) mass is 488 g/mol. The van der Waals surface area contributed by atoms with Gasteiger partial charge in [0, 0.05) is 5.02 Å². The van der Waals surface area contributed by atoms with Crippen LogP contribution in [-0.2, 0) is 20.7 Å². The minimum Gasteiger partial charge on any atom is -0.459 e. The smallest absolute Gasteiger partial charge is 0.323 e. The van der Waals surface area contributed by atoms with E-state index in [0.717, 1.165) is 16.7 Å². The van der Waals surface area contributed by atoms with E-state index >= 15 is 0 Å². The molecule has 1 unspecified atom stereocenters. The maximum Gasteiger partial charge on any atom is 0.323 e. The lowest BCUT2D eigenvalue weighted by molar-refractivity contribution is -0.157. The summed E-state index contributed by atoms with van der Waals surface area (Å²) in [6.45, 7) is 7.21. The third-order valence-corrected chi connectivity index (χ3v) is 5.11. The van der Waals surface area contributed by atoms with Crippen molar-refractivity contribution in [3.05, 3.63) is 59.1 Å². The van der Waals surface area contributed by atoms with Gasteiger partial charge in [-0.2, -0.15) is 0 Å². The number of hydrazone groups is 1. The molecule has 0 aliphatic heterocycles. The molecular weight excluding hydrogens is 456 g/mol. The van der Waals surface area contributed by atoms with Crippen molar-refractivity contribution >= 4 is 29.4 Å². The molecule has 10 heteroatoms. The molecule has 9 nitrogen and oxygen atoms in total. The van der Waals surface area contributed by atoms with Gasteiger partial charge >= 0.3 is 5.97 Å². The maximum atomic E-state index is 13.0. The molecule has 1 amide bonds. The first-order valence-electron chi connectivity index (χ1n) is 11.0. The first-order chi connectivity index (χ1) is 16.1. The van der Waals surface area contributed by atoms with Crippen LogP contribution in [0.15, 0.2) is 53.6 Å². The van der Waals surface area contributed by atoms with Crippen molar-refractivity contribution < 1.29 is 14.3 Å². The number of nitrogens with one attached hydrogen (secondary N) is 3. The number of nitrogens with two attached hydrogens (primary N) is 2. The van der Waals surface area contributed by atoms with Crippen LogP contribution in [0.3, 0.4) is 0 Å². The van der Waals surface area contributed by atoms with Crippen molar-refractivity contribution in [2.45, 2.75) is 58.2 Å². The molecular formula is C24H33ClN6O3. The standard InChI is InChI=1S/C24H33ClN6O3/c1-5-19(22(33)34-24(2,3)4)28-20(21(32)29-23(30-26)31-27)13-15-9-11-16(12-10-15)17-7-6-8-18(25)14-17/h6-12,14,19-20,28H,5,13,26-27H2,1-4H3,(H2,29,30,31,32)/t19-,20?/m0/s1. The zero-order valence-electron chi connectivity index (χ0n) is 19.9. The summed E-state index contributed by atoms with van der Waals surface area (Å²) >= 11 is 6.10. The summed E-state index contributed by atoms with van der Waals surface area (Å²) in [4.78, 5) is 25.6. The number of rotatable bonds is 8. The quantitative estimate of drug-likeness (QED) is 0.126. The highest BCUT2D eigenvalue weighted by atomic mass is 35.5. The molecule has 2 aromatic rings. The number of hydrazine groups is 1. The van der Waals surface area contributed by atoms with Crippen molar-refractivity contribution in [2.24, 2.45) is 16.8 Å². The Morgan fingerprint density at radius 1 is 1.09 bits per heavy atom. The minimum absolute atomic E-state index is 0.0987. The first kappa shape index (κ1) is 27.1. The first-order valence-corrected chi connectivity index (χ1v) is 11.3. The summed E-state index contributed by atoms with van der Waals surface area (Å²) in [6, 6.07) is 13.8. The van der Waals surface area contributed by atoms with Crippen LogP contribution in [0.25, 0.3) is 11.1 Å². The largest absolute Gasteiger partial charge is 0.459 e. The van der Waals surface area contributed by atoms with Gasteiger partial charge in [0.1, 0.15) is 11.6 Å². The normalized spacial score (nSPS) is 13.6. The molecule has 2 aromatic carbocycles. The van der Waals surface area contributed by atoms with E-state index in [4.69, 9.17) is 28.0 Å². The highest BCUT2D eigenvalue weighted by Crippen LogP contribution is 2.23. The second kappa shape index (κ2) is 12.4. The molecule has 0 bridgehead atoms. The minimum atomic E-state index is -0.792. The molecule has 2 atom stereocenters. The van der Waals surface area contributed by atoms with E-state index in [-0.39, 0.29) is 5.96 Å². The lowest BCUT2D eigenvalue weighted by Gasteiger charge is -2.27. The lowest BCUT2D eigenvalue weighted by atomic mass is 9.99. The highest BCUT2D eigenvalue weighted by Gasteiger charge is 2.29. The summed E-state index contributed by atoms with van der Waals surface area (Å²) < 4.78 is 5.50. The Bertz CT molecular complexity index is 1000.